The lowest BCUT2D eigenvalue weighted by Crippen LogP contribution is -2.42. The number of carbonyl (C=O) groups is 4. The van der Waals surface area contributed by atoms with Gasteiger partial charge in [-0.05, 0) is 30.7 Å². The third-order valence-corrected chi connectivity index (χ3v) is 2.90. The summed E-state index contributed by atoms with van der Waals surface area (Å²) in [5, 5.41) is 7.26. The van der Waals surface area contributed by atoms with Gasteiger partial charge >= 0.3 is 12.0 Å². The van der Waals surface area contributed by atoms with Crippen molar-refractivity contribution in [1.82, 2.24) is 16.0 Å². The van der Waals surface area contributed by atoms with Gasteiger partial charge in [-0.2, -0.15) is 0 Å². The minimum absolute atomic E-state index is 0.331. The lowest BCUT2D eigenvalue weighted by Gasteiger charge is -2.07. The molecule has 0 saturated carbocycles. The topological polar surface area (TPSA) is 114 Å². The zero-order valence-corrected chi connectivity index (χ0v) is 13.8. The SMILES string of the molecule is CCCNC(=O)NC(=O)COC(=O)CNC(=O)c1ccc(Cl)cc1. The van der Waals surface area contributed by atoms with Crippen LogP contribution in [0.4, 0.5) is 4.79 Å². The minimum atomic E-state index is -0.804. The van der Waals surface area contributed by atoms with Gasteiger partial charge in [0.05, 0.1) is 0 Å². The van der Waals surface area contributed by atoms with E-state index in [1.807, 2.05) is 12.2 Å². The highest BCUT2D eigenvalue weighted by Gasteiger charge is 2.12. The largest absolute Gasteiger partial charge is 0.454 e. The molecule has 0 atom stereocenters. The van der Waals surface area contributed by atoms with Crippen molar-refractivity contribution in [3.05, 3.63) is 34.9 Å². The van der Waals surface area contributed by atoms with E-state index < -0.39 is 37.0 Å². The van der Waals surface area contributed by atoms with E-state index >= 15 is 0 Å². The van der Waals surface area contributed by atoms with Crippen molar-refractivity contribution in [3.63, 3.8) is 0 Å². The number of rotatable bonds is 7. The van der Waals surface area contributed by atoms with E-state index in [0.717, 1.165) is 6.42 Å². The molecular formula is C15H18ClN3O5. The highest BCUT2D eigenvalue weighted by atomic mass is 35.5. The standard InChI is InChI=1S/C15H18ClN3O5/c1-2-7-17-15(23)19-12(20)9-24-13(21)8-18-14(22)10-3-5-11(16)6-4-10/h3-6H,2,7-9H2,1H3,(H,18,22)(H2,17,19,20,23). The van der Waals surface area contributed by atoms with Crippen LogP contribution >= 0.6 is 11.6 Å². The number of hydrogen-bond acceptors (Lipinski definition) is 5. The zero-order chi connectivity index (χ0) is 17.9. The number of imide groups is 1. The van der Waals surface area contributed by atoms with Gasteiger partial charge in [-0.1, -0.05) is 18.5 Å². The Balaban J connectivity index is 2.26. The van der Waals surface area contributed by atoms with Gasteiger partial charge in [0.1, 0.15) is 6.54 Å². The van der Waals surface area contributed by atoms with Crippen LogP contribution in [0.25, 0.3) is 0 Å². The fourth-order valence-electron chi connectivity index (χ4n) is 1.50. The van der Waals surface area contributed by atoms with Crippen molar-refractivity contribution in [3.8, 4) is 0 Å². The van der Waals surface area contributed by atoms with E-state index in [1.165, 1.54) is 12.1 Å². The Kier molecular flexibility index (Phi) is 8.28. The molecule has 130 valence electrons. The van der Waals surface area contributed by atoms with Crippen molar-refractivity contribution in [1.29, 1.82) is 0 Å². The number of urea groups is 1. The number of benzene rings is 1. The summed E-state index contributed by atoms with van der Waals surface area (Å²) >= 11 is 5.71. The Morgan fingerprint density at radius 1 is 1.08 bits per heavy atom. The fraction of sp³-hybridized carbons (Fsp3) is 0.333. The van der Waals surface area contributed by atoms with Crippen molar-refractivity contribution >= 4 is 35.4 Å². The van der Waals surface area contributed by atoms with Crippen LogP contribution in [-0.4, -0.2) is 43.5 Å². The first-order chi connectivity index (χ1) is 11.4. The molecule has 24 heavy (non-hydrogen) atoms. The average molecular weight is 356 g/mol. The lowest BCUT2D eigenvalue weighted by atomic mass is 10.2. The second kappa shape index (κ2) is 10.2. The van der Waals surface area contributed by atoms with Gasteiger partial charge in [-0.3, -0.25) is 19.7 Å². The quantitative estimate of drug-likeness (QED) is 0.627. The second-order valence-corrected chi connectivity index (χ2v) is 5.09. The van der Waals surface area contributed by atoms with Gasteiger partial charge in [0.2, 0.25) is 0 Å². The Labute approximate surface area is 143 Å². The second-order valence-electron chi connectivity index (χ2n) is 4.65. The van der Waals surface area contributed by atoms with Crippen LogP contribution in [0.3, 0.4) is 0 Å². The number of carbonyl (C=O) groups excluding carboxylic acids is 4. The first kappa shape index (κ1) is 19.4. The summed E-state index contributed by atoms with van der Waals surface area (Å²) in [6, 6.07) is 5.44. The molecule has 0 heterocycles. The van der Waals surface area contributed by atoms with E-state index in [9.17, 15) is 19.2 Å². The van der Waals surface area contributed by atoms with Gasteiger partial charge in [-0.25, -0.2) is 4.79 Å². The molecular weight excluding hydrogens is 338 g/mol. The predicted octanol–water partition coefficient (Wildman–Crippen LogP) is 0.849. The molecule has 0 unspecified atom stereocenters. The van der Waals surface area contributed by atoms with Gasteiger partial charge < -0.3 is 15.4 Å². The summed E-state index contributed by atoms with van der Waals surface area (Å²) in [5.41, 5.74) is 0.331. The van der Waals surface area contributed by atoms with E-state index in [1.54, 1.807) is 12.1 Å². The van der Waals surface area contributed by atoms with E-state index in [4.69, 9.17) is 11.6 Å². The molecule has 1 aromatic rings. The molecule has 0 aliphatic rings. The molecule has 0 spiro atoms. The van der Waals surface area contributed by atoms with Crippen LogP contribution in [0, 0.1) is 0 Å². The Hall–Kier alpha value is -2.61. The van der Waals surface area contributed by atoms with Gasteiger partial charge in [-0.15, -0.1) is 0 Å². The van der Waals surface area contributed by atoms with Crippen molar-refractivity contribution in [2.75, 3.05) is 19.7 Å². The Morgan fingerprint density at radius 2 is 1.75 bits per heavy atom. The molecule has 9 heteroatoms. The van der Waals surface area contributed by atoms with Gasteiger partial charge in [0.15, 0.2) is 6.61 Å². The van der Waals surface area contributed by atoms with Crippen LogP contribution in [0.15, 0.2) is 24.3 Å². The van der Waals surface area contributed by atoms with E-state index in [2.05, 4.69) is 15.4 Å². The molecule has 0 saturated heterocycles. The number of nitrogens with one attached hydrogen (secondary N) is 3. The average Bonchev–Trinajstić information content (AvgIpc) is 2.56. The highest BCUT2D eigenvalue weighted by Crippen LogP contribution is 2.09. The van der Waals surface area contributed by atoms with Crippen molar-refractivity contribution in [2.24, 2.45) is 0 Å². The summed E-state index contributed by atoms with van der Waals surface area (Å²) in [4.78, 5) is 45.8. The molecule has 1 rings (SSSR count). The van der Waals surface area contributed by atoms with Crippen LogP contribution in [0.1, 0.15) is 23.7 Å². The van der Waals surface area contributed by atoms with Crippen LogP contribution in [0.2, 0.25) is 5.02 Å². The number of esters is 1. The van der Waals surface area contributed by atoms with E-state index in [-0.39, 0.29) is 0 Å². The smallest absolute Gasteiger partial charge is 0.325 e. The summed E-state index contributed by atoms with van der Waals surface area (Å²) in [6.07, 6.45) is 0.726. The fourth-order valence-corrected chi connectivity index (χ4v) is 1.62. The molecule has 0 bridgehead atoms. The Bertz CT molecular complexity index is 604. The number of ether oxygens (including phenoxy) is 1. The summed E-state index contributed by atoms with van der Waals surface area (Å²) in [5.74, 6) is -2.05. The third kappa shape index (κ3) is 7.59. The van der Waals surface area contributed by atoms with E-state index in [0.29, 0.717) is 17.1 Å². The first-order valence-corrected chi connectivity index (χ1v) is 7.57. The van der Waals surface area contributed by atoms with Crippen molar-refractivity contribution in [2.45, 2.75) is 13.3 Å². The van der Waals surface area contributed by atoms with Crippen LogP contribution in [0.5, 0.6) is 0 Å². The molecule has 1 aromatic carbocycles. The molecule has 0 aromatic heterocycles. The highest BCUT2D eigenvalue weighted by molar-refractivity contribution is 6.30. The first-order valence-electron chi connectivity index (χ1n) is 7.19. The summed E-state index contributed by atoms with van der Waals surface area (Å²) in [6.45, 7) is 1.27. The molecule has 0 aliphatic heterocycles. The molecule has 0 fully saturated rings. The molecule has 0 aliphatic carbocycles. The molecule has 3 N–H and O–H groups in total. The zero-order valence-electron chi connectivity index (χ0n) is 13.1. The maximum atomic E-state index is 11.8. The third-order valence-electron chi connectivity index (χ3n) is 2.65. The predicted molar refractivity (Wildman–Crippen MR) is 86.6 cm³/mol. The lowest BCUT2D eigenvalue weighted by molar-refractivity contribution is -0.147. The number of amides is 4. The maximum Gasteiger partial charge on any atom is 0.325 e. The Morgan fingerprint density at radius 3 is 2.38 bits per heavy atom. The summed E-state index contributed by atoms with van der Waals surface area (Å²) < 4.78 is 4.65. The number of halogens is 1. The minimum Gasteiger partial charge on any atom is -0.454 e. The van der Waals surface area contributed by atoms with Gasteiger partial charge in [0.25, 0.3) is 11.8 Å². The maximum absolute atomic E-state index is 11.8. The van der Waals surface area contributed by atoms with Crippen LogP contribution in [-0.2, 0) is 14.3 Å². The van der Waals surface area contributed by atoms with Crippen molar-refractivity contribution < 1.29 is 23.9 Å². The van der Waals surface area contributed by atoms with Crippen LogP contribution < -0.4 is 16.0 Å². The number of hydrogen-bond donors (Lipinski definition) is 3. The monoisotopic (exact) mass is 355 g/mol. The molecule has 8 nitrogen and oxygen atoms in total. The molecule has 4 amide bonds. The molecule has 0 radical (unpaired) electrons. The van der Waals surface area contributed by atoms with Gasteiger partial charge in [0, 0.05) is 17.1 Å². The summed E-state index contributed by atoms with van der Waals surface area (Å²) in [7, 11) is 0. The normalized spacial score (nSPS) is 9.75.